The summed E-state index contributed by atoms with van der Waals surface area (Å²) in [5.74, 6) is -0.105. The number of carbonyl (C=O) groups excluding carboxylic acids is 1. The van der Waals surface area contributed by atoms with Crippen LogP contribution in [0, 0.1) is 6.92 Å². The molecule has 1 heterocycles. The second-order valence-corrected chi connectivity index (χ2v) is 5.33. The fourth-order valence-corrected chi connectivity index (χ4v) is 2.56. The zero-order valence-electron chi connectivity index (χ0n) is 11.7. The second kappa shape index (κ2) is 7.28. The predicted octanol–water partition coefficient (Wildman–Crippen LogP) is 1.76. The summed E-state index contributed by atoms with van der Waals surface area (Å²) in [5.41, 5.74) is 1.37. The van der Waals surface area contributed by atoms with Crippen molar-refractivity contribution in [2.24, 2.45) is 0 Å². The van der Waals surface area contributed by atoms with Crippen molar-refractivity contribution in [3.05, 3.63) is 17.5 Å². The predicted molar refractivity (Wildman–Crippen MR) is 75.2 cm³/mol. The highest BCUT2D eigenvalue weighted by molar-refractivity contribution is 5.92. The summed E-state index contributed by atoms with van der Waals surface area (Å²) in [4.78, 5) is 11.7. The number of aromatic amines is 1. The van der Waals surface area contributed by atoms with Crippen LogP contribution in [-0.2, 0) is 0 Å². The number of H-pyrrole nitrogens is 1. The molecule has 2 rings (SSSR count). The lowest BCUT2D eigenvalue weighted by Gasteiger charge is -2.16. The van der Waals surface area contributed by atoms with Crippen molar-refractivity contribution < 1.29 is 4.79 Å². The quantitative estimate of drug-likeness (QED) is 0.560. The van der Waals surface area contributed by atoms with Crippen LogP contribution in [-0.4, -0.2) is 35.2 Å². The SMILES string of the molecule is Cc1cc(C(=O)NCCNC2CCCCCC2)n[nH]1. The topological polar surface area (TPSA) is 69.8 Å². The van der Waals surface area contributed by atoms with Gasteiger partial charge in [-0.2, -0.15) is 5.10 Å². The van der Waals surface area contributed by atoms with Crippen molar-refractivity contribution in [2.45, 2.75) is 51.5 Å². The van der Waals surface area contributed by atoms with E-state index in [4.69, 9.17) is 0 Å². The van der Waals surface area contributed by atoms with E-state index in [9.17, 15) is 4.79 Å². The molecule has 0 saturated heterocycles. The smallest absolute Gasteiger partial charge is 0.271 e. The van der Waals surface area contributed by atoms with Crippen molar-refractivity contribution >= 4 is 5.91 Å². The van der Waals surface area contributed by atoms with Crippen LogP contribution in [0.3, 0.4) is 0 Å². The standard InChI is InChI=1S/C14H24N4O/c1-11-10-13(18-17-11)14(19)16-9-8-15-12-6-4-2-3-5-7-12/h10,12,15H,2-9H2,1H3,(H,16,19)(H,17,18). The average molecular weight is 264 g/mol. The van der Waals surface area contributed by atoms with Gasteiger partial charge in [0.1, 0.15) is 5.69 Å². The Morgan fingerprint density at radius 2 is 2.05 bits per heavy atom. The van der Waals surface area contributed by atoms with Gasteiger partial charge in [-0.05, 0) is 25.8 Å². The highest BCUT2D eigenvalue weighted by Crippen LogP contribution is 2.16. The summed E-state index contributed by atoms with van der Waals surface area (Å²) in [6.45, 7) is 3.37. The molecule has 106 valence electrons. The molecule has 0 radical (unpaired) electrons. The second-order valence-electron chi connectivity index (χ2n) is 5.33. The largest absolute Gasteiger partial charge is 0.349 e. The summed E-state index contributed by atoms with van der Waals surface area (Å²) in [5, 5.41) is 13.1. The van der Waals surface area contributed by atoms with Crippen LogP contribution in [0.25, 0.3) is 0 Å². The molecule has 1 fully saturated rings. The molecule has 0 spiro atoms. The van der Waals surface area contributed by atoms with Crippen LogP contribution in [0.4, 0.5) is 0 Å². The normalized spacial score (nSPS) is 17.1. The van der Waals surface area contributed by atoms with E-state index in [0.29, 0.717) is 18.3 Å². The maximum atomic E-state index is 11.7. The summed E-state index contributed by atoms with van der Waals surface area (Å²) in [6.07, 6.45) is 7.94. The van der Waals surface area contributed by atoms with E-state index in [-0.39, 0.29) is 5.91 Å². The maximum Gasteiger partial charge on any atom is 0.271 e. The Morgan fingerprint density at radius 1 is 1.32 bits per heavy atom. The molecule has 1 amide bonds. The molecule has 0 aliphatic heterocycles. The van der Waals surface area contributed by atoms with Gasteiger partial charge in [0.15, 0.2) is 0 Å². The number of nitrogens with one attached hydrogen (secondary N) is 3. The first-order chi connectivity index (χ1) is 9.25. The first kappa shape index (κ1) is 14.1. The molecule has 1 aliphatic rings. The van der Waals surface area contributed by atoms with E-state index in [1.807, 2.05) is 6.92 Å². The Morgan fingerprint density at radius 3 is 2.68 bits per heavy atom. The first-order valence-corrected chi connectivity index (χ1v) is 7.29. The highest BCUT2D eigenvalue weighted by atomic mass is 16.1. The lowest BCUT2D eigenvalue weighted by molar-refractivity contribution is 0.0948. The van der Waals surface area contributed by atoms with Crippen LogP contribution >= 0.6 is 0 Å². The molecular formula is C14H24N4O. The number of amides is 1. The van der Waals surface area contributed by atoms with Gasteiger partial charge in [-0.1, -0.05) is 25.7 Å². The lowest BCUT2D eigenvalue weighted by Crippen LogP contribution is -2.37. The Kier molecular flexibility index (Phi) is 5.39. The van der Waals surface area contributed by atoms with Gasteiger partial charge in [-0.15, -0.1) is 0 Å². The molecule has 0 atom stereocenters. The zero-order valence-corrected chi connectivity index (χ0v) is 11.7. The third-order valence-corrected chi connectivity index (χ3v) is 3.64. The molecule has 0 bridgehead atoms. The molecular weight excluding hydrogens is 240 g/mol. The van der Waals surface area contributed by atoms with Gasteiger partial charge in [0.05, 0.1) is 0 Å². The van der Waals surface area contributed by atoms with E-state index in [1.54, 1.807) is 6.07 Å². The van der Waals surface area contributed by atoms with Crippen molar-refractivity contribution in [1.29, 1.82) is 0 Å². The first-order valence-electron chi connectivity index (χ1n) is 7.29. The number of hydrogen-bond donors (Lipinski definition) is 3. The van der Waals surface area contributed by atoms with E-state index < -0.39 is 0 Å². The number of nitrogens with zero attached hydrogens (tertiary/aromatic N) is 1. The molecule has 0 aromatic carbocycles. The van der Waals surface area contributed by atoms with Gasteiger partial charge in [-0.25, -0.2) is 0 Å². The summed E-state index contributed by atoms with van der Waals surface area (Å²) in [6, 6.07) is 2.39. The summed E-state index contributed by atoms with van der Waals surface area (Å²) in [7, 11) is 0. The summed E-state index contributed by atoms with van der Waals surface area (Å²) < 4.78 is 0. The fraction of sp³-hybridized carbons (Fsp3) is 0.714. The zero-order chi connectivity index (χ0) is 13.5. The molecule has 0 unspecified atom stereocenters. The molecule has 3 N–H and O–H groups in total. The van der Waals surface area contributed by atoms with Crippen LogP contribution in [0.15, 0.2) is 6.07 Å². The third kappa shape index (κ3) is 4.67. The van der Waals surface area contributed by atoms with E-state index in [1.165, 1.54) is 38.5 Å². The van der Waals surface area contributed by atoms with Crippen molar-refractivity contribution in [1.82, 2.24) is 20.8 Å². The third-order valence-electron chi connectivity index (χ3n) is 3.64. The van der Waals surface area contributed by atoms with E-state index >= 15 is 0 Å². The van der Waals surface area contributed by atoms with Gasteiger partial charge in [0.25, 0.3) is 5.91 Å². The van der Waals surface area contributed by atoms with Gasteiger partial charge < -0.3 is 10.6 Å². The maximum absolute atomic E-state index is 11.7. The minimum absolute atomic E-state index is 0.105. The molecule has 1 aromatic rings. The molecule has 5 nitrogen and oxygen atoms in total. The van der Waals surface area contributed by atoms with Crippen LogP contribution in [0.5, 0.6) is 0 Å². The van der Waals surface area contributed by atoms with Crippen LogP contribution in [0.1, 0.15) is 54.7 Å². The Labute approximate surface area is 114 Å². The molecule has 19 heavy (non-hydrogen) atoms. The molecule has 1 aromatic heterocycles. The van der Waals surface area contributed by atoms with Gasteiger partial charge in [0.2, 0.25) is 0 Å². The number of rotatable bonds is 5. The summed E-state index contributed by atoms with van der Waals surface area (Å²) >= 11 is 0. The van der Waals surface area contributed by atoms with E-state index in [2.05, 4.69) is 20.8 Å². The van der Waals surface area contributed by atoms with Gasteiger partial charge >= 0.3 is 0 Å². The molecule has 1 aliphatic carbocycles. The number of carbonyl (C=O) groups is 1. The fourth-order valence-electron chi connectivity index (χ4n) is 2.56. The Hall–Kier alpha value is -1.36. The average Bonchev–Trinajstić information content (AvgIpc) is 2.68. The van der Waals surface area contributed by atoms with Crippen molar-refractivity contribution in [3.8, 4) is 0 Å². The van der Waals surface area contributed by atoms with Crippen LogP contribution in [0.2, 0.25) is 0 Å². The number of hydrogen-bond acceptors (Lipinski definition) is 3. The lowest BCUT2D eigenvalue weighted by atomic mass is 10.1. The van der Waals surface area contributed by atoms with Gasteiger partial charge in [-0.3, -0.25) is 9.89 Å². The minimum Gasteiger partial charge on any atom is -0.349 e. The minimum atomic E-state index is -0.105. The Balaban J connectivity index is 1.62. The number of aryl methyl sites for hydroxylation is 1. The van der Waals surface area contributed by atoms with Crippen molar-refractivity contribution in [3.63, 3.8) is 0 Å². The number of aromatic nitrogens is 2. The van der Waals surface area contributed by atoms with E-state index in [0.717, 1.165) is 12.2 Å². The monoisotopic (exact) mass is 264 g/mol. The molecule has 1 saturated carbocycles. The molecule has 5 heteroatoms. The van der Waals surface area contributed by atoms with Crippen molar-refractivity contribution in [2.75, 3.05) is 13.1 Å². The van der Waals surface area contributed by atoms with Crippen LogP contribution < -0.4 is 10.6 Å². The van der Waals surface area contributed by atoms with Gasteiger partial charge in [0, 0.05) is 24.8 Å². The highest BCUT2D eigenvalue weighted by Gasteiger charge is 2.12. The Bertz CT molecular complexity index is 394.